The molecule has 0 heterocycles. The fourth-order valence-corrected chi connectivity index (χ4v) is 5.66. The summed E-state index contributed by atoms with van der Waals surface area (Å²) in [5.74, 6) is -1.50. The predicted octanol–water partition coefficient (Wildman–Crippen LogP) is 4.21. The average Bonchev–Trinajstić information content (AvgIpc) is 3.08. The molecule has 214 valence electrons. The second kappa shape index (κ2) is 17.9. The van der Waals surface area contributed by atoms with Crippen molar-refractivity contribution in [1.29, 1.82) is 0 Å². The lowest BCUT2D eigenvalue weighted by Crippen LogP contribution is -2.40. The van der Waals surface area contributed by atoms with Crippen LogP contribution in [0.15, 0.2) is 24.3 Å². The Morgan fingerprint density at radius 2 is 1.84 bits per heavy atom. The minimum absolute atomic E-state index is 0.0161. The number of allylic oxidation sites excluding steroid dienone is 2. The van der Waals surface area contributed by atoms with Crippen LogP contribution in [-0.2, 0) is 9.59 Å². The Labute approximate surface area is 227 Å². The first-order chi connectivity index (χ1) is 17.6. The summed E-state index contributed by atoms with van der Waals surface area (Å²) in [4.78, 5) is 20.7. The molecule has 0 spiro atoms. The highest BCUT2D eigenvalue weighted by Crippen LogP contribution is 2.48. The van der Waals surface area contributed by atoms with Crippen molar-refractivity contribution in [3.8, 4) is 0 Å². The van der Waals surface area contributed by atoms with Crippen molar-refractivity contribution < 1.29 is 30.0 Å². The van der Waals surface area contributed by atoms with Crippen molar-refractivity contribution in [1.82, 2.24) is 0 Å². The van der Waals surface area contributed by atoms with Crippen LogP contribution < -0.4 is 11.5 Å². The number of aliphatic carboxylic acids is 2. The van der Waals surface area contributed by atoms with E-state index in [1.807, 2.05) is 12.2 Å². The van der Waals surface area contributed by atoms with Crippen molar-refractivity contribution in [2.75, 3.05) is 6.54 Å². The molecule has 0 amide bonds. The number of carboxylic acids is 2. The van der Waals surface area contributed by atoms with Crippen molar-refractivity contribution in [3.05, 3.63) is 24.3 Å². The predicted molar refractivity (Wildman–Crippen MR) is 147 cm³/mol. The standard InChI is InChI=1S/C22H35ClO4.C6H14N2O2/c1-2-22(13-8-14-22)20(25)11-7-10-17-16(18(23)15-19(17)24)9-5-3-4-6-12-21(26)27;7-4-2-1-3-5(8)6(9)10/h3,5,7,10,16-20,24-25H,2,4,6,8-9,11-15H2,1H3,(H,26,27);5H,1-4,7-8H2,(H,9,10)/b5-3-,10-7+;/t16-,17-,18-,19-,20+;5-/m10/s1. The topological polar surface area (TPSA) is 167 Å². The fraction of sp³-hybridized carbons (Fsp3) is 0.786. The van der Waals surface area contributed by atoms with Gasteiger partial charge in [0.2, 0.25) is 0 Å². The summed E-state index contributed by atoms with van der Waals surface area (Å²) in [5, 5.41) is 37.8. The highest BCUT2D eigenvalue weighted by atomic mass is 35.5. The first-order valence-electron chi connectivity index (χ1n) is 13.8. The summed E-state index contributed by atoms with van der Waals surface area (Å²) in [6.45, 7) is 2.76. The van der Waals surface area contributed by atoms with E-state index in [2.05, 4.69) is 19.1 Å². The van der Waals surface area contributed by atoms with Gasteiger partial charge in [0.1, 0.15) is 6.04 Å². The van der Waals surface area contributed by atoms with Gasteiger partial charge in [0, 0.05) is 17.7 Å². The van der Waals surface area contributed by atoms with Gasteiger partial charge in [-0.15, -0.1) is 11.6 Å². The van der Waals surface area contributed by atoms with Crippen LogP contribution in [0.5, 0.6) is 0 Å². The summed E-state index contributed by atoms with van der Waals surface area (Å²) >= 11 is 6.46. The number of rotatable bonds is 16. The quantitative estimate of drug-likeness (QED) is 0.0954. The molecule has 0 saturated heterocycles. The molecule has 0 unspecified atom stereocenters. The van der Waals surface area contributed by atoms with Gasteiger partial charge in [-0.3, -0.25) is 9.59 Å². The summed E-state index contributed by atoms with van der Waals surface area (Å²) in [6, 6.07) is -0.716. The highest BCUT2D eigenvalue weighted by molar-refractivity contribution is 6.21. The van der Waals surface area contributed by atoms with Crippen molar-refractivity contribution in [3.63, 3.8) is 0 Å². The third-order valence-electron chi connectivity index (χ3n) is 7.97. The molecule has 8 nitrogen and oxygen atoms in total. The molecule has 0 aromatic heterocycles. The molecular formula is C28H49ClN2O6. The van der Waals surface area contributed by atoms with E-state index in [9.17, 15) is 19.8 Å². The second-order valence-electron chi connectivity index (χ2n) is 10.5. The van der Waals surface area contributed by atoms with Crippen molar-refractivity contribution in [2.24, 2.45) is 28.7 Å². The molecule has 0 aliphatic heterocycles. The molecule has 2 aliphatic rings. The number of carboxylic acid groups (broad SMARTS) is 2. The Balaban J connectivity index is 0.000000580. The summed E-state index contributed by atoms with van der Waals surface area (Å²) in [7, 11) is 0. The molecule has 0 radical (unpaired) electrons. The van der Waals surface area contributed by atoms with Crippen LogP contribution in [-0.4, -0.2) is 62.5 Å². The number of alkyl halides is 1. The minimum Gasteiger partial charge on any atom is -0.481 e. The molecule has 8 N–H and O–H groups in total. The maximum Gasteiger partial charge on any atom is 0.320 e. The van der Waals surface area contributed by atoms with E-state index >= 15 is 0 Å². The zero-order valence-corrected chi connectivity index (χ0v) is 23.1. The van der Waals surface area contributed by atoms with Crippen molar-refractivity contribution in [2.45, 2.75) is 114 Å². The van der Waals surface area contributed by atoms with E-state index in [4.69, 9.17) is 33.3 Å². The van der Waals surface area contributed by atoms with E-state index in [1.54, 1.807) is 0 Å². The third-order valence-corrected chi connectivity index (χ3v) is 8.47. The minimum atomic E-state index is -0.933. The average molecular weight is 545 g/mol. The number of hydrogen-bond donors (Lipinski definition) is 6. The van der Waals surface area contributed by atoms with Gasteiger partial charge in [0.25, 0.3) is 0 Å². The third kappa shape index (κ3) is 11.9. The molecular weight excluding hydrogens is 496 g/mol. The smallest absolute Gasteiger partial charge is 0.320 e. The molecule has 2 aliphatic carbocycles. The van der Waals surface area contributed by atoms with E-state index in [1.165, 1.54) is 6.42 Å². The second-order valence-corrected chi connectivity index (χ2v) is 11.1. The number of unbranched alkanes of at least 4 members (excludes halogenated alkanes) is 2. The monoisotopic (exact) mass is 544 g/mol. The SMILES string of the molecule is CCC1([C@@H](O)C/C=C/[C@@H]2[C@@H](C/C=C\CCCC(=O)O)[C@H](Cl)C[C@H]2O)CCC1.NCCCC[C@H](N)C(=O)O. The van der Waals surface area contributed by atoms with Gasteiger partial charge in [-0.25, -0.2) is 0 Å². The molecule has 37 heavy (non-hydrogen) atoms. The lowest BCUT2D eigenvalue weighted by Gasteiger charge is -2.45. The number of aliphatic hydroxyl groups is 2. The Hall–Kier alpha value is -1.45. The van der Waals surface area contributed by atoms with Crippen LogP contribution >= 0.6 is 11.6 Å². The van der Waals surface area contributed by atoms with Crippen LogP contribution in [0.1, 0.15) is 90.4 Å². The molecule has 2 fully saturated rings. The van der Waals surface area contributed by atoms with Crippen LogP contribution in [0.2, 0.25) is 0 Å². The van der Waals surface area contributed by atoms with Crippen LogP contribution in [0.3, 0.4) is 0 Å². The molecule has 6 atom stereocenters. The number of hydrogen-bond acceptors (Lipinski definition) is 6. The van der Waals surface area contributed by atoms with Crippen LogP contribution in [0.4, 0.5) is 0 Å². The van der Waals surface area contributed by atoms with Gasteiger partial charge >= 0.3 is 11.9 Å². The summed E-state index contributed by atoms with van der Waals surface area (Å²) in [6.07, 6.45) is 17.7. The maximum absolute atomic E-state index is 10.5. The fourth-order valence-electron chi connectivity index (χ4n) is 5.21. The van der Waals surface area contributed by atoms with Gasteiger partial charge in [-0.2, -0.15) is 0 Å². The van der Waals surface area contributed by atoms with E-state index < -0.39 is 24.1 Å². The van der Waals surface area contributed by atoms with Gasteiger partial charge in [-0.05, 0) is 82.1 Å². The number of nitrogens with two attached hydrogens (primary N) is 2. The van der Waals surface area contributed by atoms with Gasteiger partial charge < -0.3 is 31.9 Å². The zero-order chi connectivity index (χ0) is 27.8. The van der Waals surface area contributed by atoms with E-state index in [-0.39, 0.29) is 35.2 Å². The zero-order valence-electron chi connectivity index (χ0n) is 22.3. The lowest BCUT2D eigenvalue weighted by molar-refractivity contribution is -0.139. The van der Waals surface area contributed by atoms with Crippen molar-refractivity contribution >= 4 is 23.5 Å². The Kier molecular flexibility index (Phi) is 16.3. The van der Waals surface area contributed by atoms with Gasteiger partial charge in [-0.1, -0.05) is 44.1 Å². The van der Waals surface area contributed by atoms with E-state index in [0.29, 0.717) is 32.2 Å². The van der Waals surface area contributed by atoms with Crippen LogP contribution in [0.25, 0.3) is 0 Å². The number of halogens is 1. The highest BCUT2D eigenvalue weighted by Gasteiger charge is 2.42. The number of aliphatic hydroxyl groups excluding tert-OH is 2. The largest absolute Gasteiger partial charge is 0.481 e. The molecule has 2 rings (SSSR count). The normalized spacial score (nSPS) is 26.4. The lowest BCUT2D eigenvalue weighted by atomic mass is 9.63. The number of carbonyl (C=O) groups is 2. The molecule has 0 bridgehead atoms. The molecule has 0 aromatic rings. The summed E-state index contributed by atoms with van der Waals surface area (Å²) < 4.78 is 0. The molecule has 2 saturated carbocycles. The summed E-state index contributed by atoms with van der Waals surface area (Å²) in [5.41, 5.74) is 10.5. The van der Waals surface area contributed by atoms with Gasteiger partial charge in [0.15, 0.2) is 0 Å². The van der Waals surface area contributed by atoms with Gasteiger partial charge in [0.05, 0.1) is 12.2 Å². The Bertz CT molecular complexity index is 722. The first kappa shape index (κ1) is 33.6. The maximum atomic E-state index is 10.5. The molecule has 9 heteroatoms. The Morgan fingerprint density at radius 1 is 1.14 bits per heavy atom. The van der Waals surface area contributed by atoms with E-state index in [0.717, 1.165) is 44.9 Å². The Morgan fingerprint density at radius 3 is 2.38 bits per heavy atom. The molecule has 0 aromatic carbocycles. The first-order valence-corrected chi connectivity index (χ1v) is 14.2. The van der Waals surface area contributed by atoms with Crippen LogP contribution in [0, 0.1) is 17.3 Å².